The molecule has 0 aliphatic carbocycles. The van der Waals surface area contributed by atoms with Crippen LogP contribution in [0, 0.1) is 12.7 Å². The van der Waals surface area contributed by atoms with Crippen LogP contribution < -0.4 is 5.73 Å². The van der Waals surface area contributed by atoms with Gasteiger partial charge in [0.15, 0.2) is 0 Å². The molecule has 1 aromatic carbocycles. The van der Waals surface area contributed by atoms with Crippen molar-refractivity contribution in [2.45, 2.75) is 19.6 Å². The zero-order valence-electron chi connectivity index (χ0n) is 10.0. The van der Waals surface area contributed by atoms with Crippen LogP contribution in [0.15, 0.2) is 24.4 Å². The van der Waals surface area contributed by atoms with Gasteiger partial charge in [0.05, 0.1) is 18.3 Å². The average Bonchev–Trinajstić information content (AvgIpc) is 2.62. The molecule has 0 unspecified atom stereocenters. The maximum atomic E-state index is 13.0. The quantitative estimate of drug-likeness (QED) is 0.855. The maximum Gasteiger partial charge on any atom is 0.416 e. The monoisotopic (exact) mass is 273 g/mol. The van der Waals surface area contributed by atoms with E-state index in [1.54, 1.807) is 6.92 Å². The summed E-state index contributed by atoms with van der Waals surface area (Å²) < 4.78 is 52.6. The minimum Gasteiger partial charge on any atom is -0.384 e. The summed E-state index contributed by atoms with van der Waals surface area (Å²) in [7, 11) is 0. The number of hydrogen-bond acceptors (Lipinski definition) is 2. The van der Waals surface area contributed by atoms with Crippen LogP contribution in [-0.2, 0) is 12.7 Å². The van der Waals surface area contributed by atoms with Gasteiger partial charge >= 0.3 is 6.18 Å². The molecule has 0 saturated carbocycles. The highest BCUT2D eigenvalue weighted by atomic mass is 19.4. The van der Waals surface area contributed by atoms with E-state index >= 15 is 0 Å². The van der Waals surface area contributed by atoms with Gasteiger partial charge in [-0.2, -0.15) is 18.3 Å². The van der Waals surface area contributed by atoms with E-state index < -0.39 is 17.6 Å². The van der Waals surface area contributed by atoms with Gasteiger partial charge in [0, 0.05) is 5.56 Å². The molecule has 0 bridgehead atoms. The first-order valence-corrected chi connectivity index (χ1v) is 5.42. The summed E-state index contributed by atoms with van der Waals surface area (Å²) in [5.74, 6) is -0.641. The van der Waals surface area contributed by atoms with Crippen molar-refractivity contribution in [2.75, 3.05) is 5.73 Å². The number of nitrogens with zero attached hydrogens (tertiary/aromatic N) is 2. The van der Waals surface area contributed by atoms with E-state index in [9.17, 15) is 17.6 Å². The molecule has 0 aliphatic heterocycles. The second-order valence-corrected chi connectivity index (χ2v) is 4.17. The zero-order valence-corrected chi connectivity index (χ0v) is 10.0. The van der Waals surface area contributed by atoms with Gasteiger partial charge in [0.2, 0.25) is 0 Å². The van der Waals surface area contributed by atoms with Gasteiger partial charge in [-0.25, -0.2) is 9.07 Å². The lowest BCUT2D eigenvalue weighted by Gasteiger charge is -2.13. The van der Waals surface area contributed by atoms with E-state index in [0.717, 1.165) is 12.1 Å². The molecule has 2 N–H and O–H groups in total. The molecule has 3 nitrogen and oxygen atoms in total. The number of alkyl halides is 3. The second-order valence-electron chi connectivity index (χ2n) is 4.17. The Balaban J connectivity index is 2.43. The predicted molar refractivity (Wildman–Crippen MR) is 61.9 cm³/mol. The van der Waals surface area contributed by atoms with Crippen molar-refractivity contribution in [1.29, 1.82) is 0 Å². The number of anilines is 1. The molecule has 2 aromatic rings. The van der Waals surface area contributed by atoms with Crippen molar-refractivity contribution < 1.29 is 17.6 Å². The van der Waals surface area contributed by atoms with Crippen molar-refractivity contribution in [3.8, 4) is 0 Å². The summed E-state index contributed by atoms with van der Waals surface area (Å²) in [6.45, 7) is 1.54. The fourth-order valence-corrected chi connectivity index (χ4v) is 1.73. The average molecular weight is 273 g/mol. The van der Waals surface area contributed by atoms with Crippen LogP contribution in [0.1, 0.15) is 16.7 Å². The fraction of sp³-hybridized carbons (Fsp3) is 0.250. The van der Waals surface area contributed by atoms with Crippen molar-refractivity contribution in [2.24, 2.45) is 0 Å². The standard InChI is InChI=1S/C12H11F4N3/c1-7-5-18-19(11(7)17)6-8-2-3-9(13)4-10(8)12(14,15)16/h2-5H,6,17H2,1H3. The lowest BCUT2D eigenvalue weighted by atomic mass is 10.1. The fourth-order valence-electron chi connectivity index (χ4n) is 1.73. The molecule has 19 heavy (non-hydrogen) atoms. The van der Waals surface area contributed by atoms with Crippen molar-refractivity contribution in [1.82, 2.24) is 9.78 Å². The summed E-state index contributed by atoms with van der Waals surface area (Å²) in [6.07, 6.45) is -3.15. The molecule has 0 spiro atoms. The lowest BCUT2D eigenvalue weighted by molar-refractivity contribution is -0.138. The molecular formula is C12H11F4N3. The summed E-state index contributed by atoms with van der Waals surface area (Å²) in [6, 6.07) is 2.55. The van der Waals surface area contributed by atoms with E-state index in [1.807, 2.05) is 0 Å². The topological polar surface area (TPSA) is 43.8 Å². The van der Waals surface area contributed by atoms with Crippen LogP contribution in [0.3, 0.4) is 0 Å². The Morgan fingerprint density at radius 2 is 2.00 bits per heavy atom. The predicted octanol–water partition coefficient (Wildman–Crippen LogP) is 2.98. The SMILES string of the molecule is Cc1cnn(Cc2ccc(F)cc2C(F)(F)F)c1N. The third-order valence-electron chi connectivity index (χ3n) is 2.77. The maximum absolute atomic E-state index is 13.0. The summed E-state index contributed by atoms with van der Waals surface area (Å²) >= 11 is 0. The molecule has 7 heteroatoms. The van der Waals surface area contributed by atoms with Crippen molar-refractivity contribution in [3.05, 3.63) is 46.9 Å². The van der Waals surface area contributed by atoms with Gasteiger partial charge in [0.25, 0.3) is 0 Å². The van der Waals surface area contributed by atoms with Gasteiger partial charge in [-0.1, -0.05) is 6.07 Å². The summed E-state index contributed by atoms with van der Waals surface area (Å²) in [4.78, 5) is 0. The highest BCUT2D eigenvalue weighted by Crippen LogP contribution is 2.33. The number of hydrogen-bond donors (Lipinski definition) is 1. The van der Waals surface area contributed by atoms with E-state index in [-0.39, 0.29) is 17.9 Å². The van der Waals surface area contributed by atoms with Crippen LogP contribution >= 0.6 is 0 Å². The molecule has 0 amide bonds. The van der Waals surface area contributed by atoms with Gasteiger partial charge in [0.1, 0.15) is 11.6 Å². The molecule has 2 rings (SSSR count). The number of benzene rings is 1. The van der Waals surface area contributed by atoms with Crippen molar-refractivity contribution in [3.63, 3.8) is 0 Å². The molecule has 0 fully saturated rings. The minimum absolute atomic E-state index is 0.0799. The molecule has 1 heterocycles. The normalized spacial score (nSPS) is 11.8. The highest BCUT2D eigenvalue weighted by Gasteiger charge is 2.33. The van der Waals surface area contributed by atoms with E-state index in [2.05, 4.69) is 5.10 Å². The lowest BCUT2D eigenvalue weighted by Crippen LogP contribution is -2.14. The smallest absolute Gasteiger partial charge is 0.384 e. The minimum atomic E-state index is -4.62. The number of aryl methyl sites for hydroxylation is 1. The molecule has 0 aliphatic rings. The molecule has 1 aromatic heterocycles. The third kappa shape index (κ3) is 2.69. The first kappa shape index (κ1) is 13.4. The van der Waals surface area contributed by atoms with Crippen LogP contribution in [0.25, 0.3) is 0 Å². The van der Waals surface area contributed by atoms with Gasteiger partial charge in [-0.3, -0.25) is 0 Å². The Labute approximate surface area is 106 Å². The number of rotatable bonds is 2. The first-order chi connectivity index (χ1) is 8.79. The molecule has 102 valence electrons. The van der Waals surface area contributed by atoms with Gasteiger partial charge in [-0.15, -0.1) is 0 Å². The van der Waals surface area contributed by atoms with Crippen LogP contribution in [-0.4, -0.2) is 9.78 Å². The van der Waals surface area contributed by atoms with E-state index in [1.165, 1.54) is 10.9 Å². The van der Waals surface area contributed by atoms with Gasteiger partial charge in [-0.05, 0) is 24.6 Å². The Kier molecular flexibility index (Phi) is 3.21. The van der Waals surface area contributed by atoms with E-state index in [4.69, 9.17) is 5.73 Å². The Morgan fingerprint density at radius 3 is 2.53 bits per heavy atom. The Hall–Kier alpha value is -2.05. The Bertz CT molecular complexity index is 602. The second kappa shape index (κ2) is 4.56. The number of halogens is 4. The summed E-state index contributed by atoms with van der Waals surface area (Å²) in [5.41, 5.74) is 5.27. The number of nitrogen functional groups attached to an aromatic ring is 1. The molecule has 0 atom stereocenters. The van der Waals surface area contributed by atoms with Crippen LogP contribution in [0.4, 0.5) is 23.4 Å². The zero-order chi connectivity index (χ0) is 14.2. The highest BCUT2D eigenvalue weighted by molar-refractivity contribution is 5.39. The molecule has 0 saturated heterocycles. The number of nitrogens with two attached hydrogens (primary N) is 1. The third-order valence-corrected chi connectivity index (χ3v) is 2.77. The van der Waals surface area contributed by atoms with Crippen LogP contribution in [0.5, 0.6) is 0 Å². The van der Waals surface area contributed by atoms with Gasteiger partial charge < -0.3 is 5.73 Å². The molecular weight excluding hydrogens is 262 g/mol. The Morgan fingerprint density at radius 1 is 1.32 bits per heavy atom. The molecule has 0 radical (unpaired) electrons. The largest absolute Gasteiger partial charge is 0.416 e. The van der Waals surface area contributed by atoms with Crippen LogP contribution in [0.2, 0.25) is 0 Å². The first-order valence-electron chi connectivity index (χ1n) is 5.42. The summed E-state index contributed by atoms with van der Waals surface area (Å²) in [5, 5.41) is 3.89. The van der Waals surface area contributed by atoms with Crippen molar-refractivity contribution >= 4 is 5.82 Å². The van der Waals surface area contributed by atoms with E-state index in [0.29, 0.717) is 11.6 Å². The number of aromatic nitrogens is 2.